The Bertz CT molecular complexity index is 1290. The second-order valence-corrected chi connectivity index (χ2v) is 7.82. The van der Waals surface area contributed by atoms with Crippen molar-refractivity contribution < 1.29 is 22.7 Å². The summed E-state index contributed by atoms with van der Waals surface area (Å²) in [5.41, 5.74) is 1.02. The van der Waals surface area contributed by atoms with Gasteiger partial charge in [0.2, 0.25) is 5.88 Å². The van der Waals surface area contributed by atoms with Gasteiger partial charge in [-0.2, -0.15) is 13.2 Å². The van der Waals surface area contributed by atoms with E-state index in [2.05, 4.69) is 15.0 Å². The lowest BCUT2D eigenvalue weighted by molar-refractivity contribution is -0.137. The molecule has 3 aromatic heterocycles. The fourth-order valence-electron chi connectivity index (χ4n) is 2.60. The van der Waals surface area contributed by atoms with Crippen LogP contribution >= 0.6 is 23.1 Å². The van der Waals surface area contributed by atoms with Crippen LogP contribution in [0.5, 0.6) is 5.88 Å². The maximum atomic E-state index is 13.8. The lowest BCUT2D eigenvalue weighted by Gasteiger charge is -2.12. The van der Waals surface area contributed by atoms with E-state index in [1.807, 2.05) is 0 Å². The lowest BCUT2D eigenvalue weighted by Crippen LogP contribution is -2.21. The molecule has 0 aliphatic carbocycles. The molecule has 154 valence electrons. The highest BCUT2D eigenvalue weighted by Gasteiger charge is 2.30. The molecule has 0 saturated carbocycles. The summed E-state index contributed by atoms with van der Waals surface area (Å²) in [5.74, 6) is -1.62. The monoisotopic (exact) mass is 454 g/mol. The first kappa shape index (κ1) is 20.3. The van der Waals surface area contributed by atoms with Gasteiger partial charge in [-0.25, -0.2) is 19.3 Å². The summed E-state index contributed by atoms with van der Waals surface area (Å²) in [6, 6.07) is 5.56. The van der Waals surface area contributed by atoms with E-state index in [1.165, 1.54) is 17.6 Å². The molecule has 4 rings (SSSR count). The number of aromatic nitrogens is 4. The molecule has 0 spiro atoms. The summed E-state index contributed by atoms with van der Waals surface area (Å²) >= 11 is 2.14. The van der Waals surface area contributed by atoms with Gasteiger partial charge in [0.25, 0.3) is 5.56 Å². The highest BCUT2D eigenvalue weighted by Crippen LogP contribution is 2.31. The molecule has 0 atom stereocenters. The number of aromatic hydroxyl groups is 1. The molecule has 0 aliphatic rings. The molecule has 0 fully saturated rings. The maximum Gasteiger partial charge on any atom is 0.416 e. The van der Waals surface area contributed by atoms with E-state index in [9.17, 15) is 27.5 Å². The fourth-order valence-corrected chi connectivity index (χ4v) is 4.21. The number of rotatable bonds is 4. The summed E-state index contributed by atoms with van der Waals surface area (Å²) in [6.45, 7) is 0. The number of benzene rings is 1. The minimum absolute atomic E-state index is 0.0491. The van der Waals surface area contributed by atoms with Crippen molar-refractivity contribution in [3.63, 3.8) is 0 Å². The van der Waals surface area contributed by atoms with Crippen molar-refractivity contribution in [2.45, 2.75) is 17.1 Å². The number of fused-ring (bicyclic) bond motifs is 1. The largest absolute Gasteiger partial charge is 0.491 e. The molecule has 0 aliphatic heterocycles. The summed E-state index contributed by atoms with van der Waals surface area (Å²) in [7, 11) is 0. The van der Waals surface area contributed by atoms with Gasteiger partial charge >= 0.3 is 6.18 Å². The zero-order valence-electron chi connectivity index (χ0n) is 14.7. The fraction of sp³-hybridized carbons (Fsp3) is 0.111. The average molecular weight is 454 g/mol. The number of thiazole rings is 1. The third-order valence-electron chi connectivity index (χ3n) is 4.05. The molecule has 3 heterocycles. The molecule has 30 heavy (non-hydrogen) atoms. The van der Waals surface area contributed by atoms with E-state index >= 15 is 0 Å². The first-order valence-corrected chi connectivity index (χ1v) is 10.1. The molecule has 0 radical (unpaired) electrons. The third kappa shape index (κ3) is 3.87. The maximum absolute atomic E-state index is 13.8. The van der Waals surface area contributed by atoms with Gasteiger partial charge < -0.3 is 5.11 Å². The number of hydrogen-bond donors (Lipinski definition) is 1. The summed E-state index contributed by atoms with van der Waals surface area (Å²) in [4.78, 5) is 24.8. The lowest BCUT2D eigenvalue weighted by atomic mass is 10.1. The molecule has 6 nitrogen and oxygen atoms in total. The Morgan fingerprint density at radius 3 is 2.57 bits per heavy atom. The van der Waals surface area contributed by atoms with Gasteiger partial charge in [0.1, 0.15) is 4.70 Å². The standard InChI is InChI=1S/C18H10F4N4O2S2/c19-12-5-11(6-23-15(12)27)26-16(28)13-14(24-8-30-13)25-17(26)29-7-9-1-3-10(4-2-9)18(20,21)22/h1-6,8H,7H2,(H,23,27). The zero-order chi connectivity index (χ0) is 21.5. The number of nitrogens with zero attached hydrogens (tertiary/aromatic N) is 4. The van der Waals surface area contributed by atoms with E-state index in [1.54, 1.807) is 0 Å². The minimum Gasteiger partial charge on any atom is -0.491 e. The van der Waals surface area contributed by atoms with Gasteiger partial charge in [0, 0.05) is 11.8 Å². The molecule has 4 aromatic rings. The van der Waals surface area contributed by atoms with Crippen LogP contribution in [0.3, 0.4) is 0 Å². The van der Waals surface area contributed by atoms with Crippen LogP contribution in [0.4, 0.5) is 17.6 Å². The third-order valence-corrected chi connectivity index (χ3v) is 5.87. The first-order chi connectivity index (χ1) is 14.2. The molecule has 1 N–H and O–H groups in total. The Labute approximate surface area is 173 Å². The minimum atomic E-state index is -4.43. The van der Waals surface area contributed by atoms with Gasteiger partial charge in [-0.05, 0) is 17.7 Å². The number of hydrogen-bond acceptors (Lipinski definition) is 7. The van der Waals surface area contributed by atoms with Crippen molar-refractivity contribution in [2.24, 2.45) is 0 Å². The van der Waals surface area contributed by atoms with Crippen molar-refractivity contribution in [1.82, 2.24) is 19.5 Å². The molecule has 0 amide bonds. The van der Waals surface area contributed by atoms with Crippen LogP contribution in [-0.2, 0) is 11.9 Å². The van der Waals surface area contributed by atoms with Crippen LogP contribution in [0.25, 0.3) is 16.0 Å². The molecular formula is C18H10F4N4O2S2. The highest BCUT2D eigenvalue weighted by molar-refractivity contribution is 7.98. The number of alkyl halides is 3. The van der Waals surface area contributed by atoms with Crippen LogP contribution in [0.1, 0.15) is 11.1 Å². The first-order valence-electron chi connectivity index (χ1n) is 8.24. The second kappa shape index (κ2) is 7.69. The molecule has 0 bridgehead atoms. The van der Waals surface area contributed by atoms with Crippen LogP contribution in [-0.4, -0.2) is 24.6 Å². The zero-order valence-corrected chi connectivity index (χ0v) is 16.4. The Morgan fingerprint density at radius 2 is 1.90 bits per heavy atom. The van der Waals surface area contributed by atoms with Gasteiger partial charge in [-0.15, -0.1) is 11.3 Å². The predicted octanol–water partition coefficient (Wildman–Crippen LogP) is 4.39. The Morgan fingerprint density at radius 1 is 1.17 bits per heavy atom. The van der Waals surface area contributed by atoms with Crippen molar-refractivity contribution in [3.05, 3.63) is 69.3 Å². The molecule has 0 saturated heterocycles. The smallest absolute Gasteiger partial charge is 0.416 e. The van der Waals surface area contributed by atoms with Crippen LogP contribution in [0, 0.1) is 5.82 Å². The number of halogens is 4. The van der Waals surface area contributed by atoms with Crippen molar-refractivity contribution in [1.29, 1.82) is 0 Å². The molecular weight excluding hydrogens is 444 g/mol. The van der Waals surface area contributed by atoms with Crippen molar-refractivity contribution in [3.8, 4) is 11.6 Å². The van der Waals surface area contributed by atoms with Crippen LogP contribution in [0.2, 0.25) is 0 Å². The SMILES string of the molecule is O=c1c2scnc2nc(SCc2ccc(C(F)(F)F)cc2)n1-c1cnc(O)c(F)c1. The van der Waals surface area contributed by atoms with Crippen LogP contribution in [0.15, 0.2) is 52.0 Å². The molecule has 12 heteroatoms. The van der Waals surface area contributed by atoms with E-state index in [0.717, 1.165) is 52.1 Å². The second-order valence-electron chi connectivity index (χ2n) is 6.02. The average Bonchev–Trinajstić information content (AvgIpc) is 3.17. The number of thioether (sulfide) groups is 1. The van der Waals surface area contributed by atoms with Crippen molar-refractivity contribution in [2.75, 3.05) is 0 Å². The Balaban J connectivity index is 1.72. The van der Waals surface area contributed by atoms with E-state index < -0.39 is 29.0 Å². The van der Waals surface area contributed by atoms with Crippen LogP contribution < -0.4 is 5.56 Å². The van der Waals surface area contributed by atoms with Gasteiger partial charge in [-0.1, -0.05) is 23.9 Å². The van der Waals surface area contributed by atoms with Crippen molar-refractivity contribution >= 4 is 33.4 Å². The summed E-state index contributed by atoms with van der Waals surface area (Å²) in [6.07, 6.45) is -3.31. The summed E-state index contributed by atoms with van der Waals surface area (Å²) in [5, 5.41) is 9.47. The quantitative estimate of drug-likeness (QED) is 0.280. The number of pyridine rings is 1. The Kier molecular flexibility index (Phi) is 5.20. The Hall–Kier alpha value is -2.99. The van der Waals surface area contributed by atoms with Gasteiger partial charge in [0.15, 0.2) is 16.6 Å². The molecule has 0 unspecified atom stereocenters. The van der Waals surface area contributed by atoms with E-state index in [4.69, 9.17) is 0 Å². The predicted molar refractivity (Wildman–Crippen MR) is 103 cm³/mol. The molecule has 1 aromatic carbocycles. The van der Waals surface area contributed by atoms with Gasteiger partial charge in [0.05, 0.1) is 23.0 Å². The highest BCUT2D eigenvalue weighted by atomic mass is 32.2. The van der Waals surface area contributed by atoms with Gasteiger partial charge in [-0.3, -0.25) is 9.36 Å². The summed E-state index contributed by atoms with van der Waals surface area (Å²) < 4.78 is 53.4. The normalized spacial score (nSPS) is 11.9. The topological polar surface area (TPSA) is 80.9 Å². The van der Waals surface area contributed by atoms with E-state index in [0.29, 0.717) is 5.56 Å². The van der Waals surface area contributed by atoms with E-state index in [-0.39, 0.29) is 26.9 Å².